The van der Waals surface area contributed by atoms with Gasteiger partial charge >= 0.3 is 77.5 Å². The van der Waals surface area contributed by atoms with Gasteiger partial charge in [-0.1, -0.05) is 6.58 Å². The fraction of sp³-hybridized carbons (Fsp3) is 0.833. The fourth-order valence-corrected chi connectivity index (χ4v) is 2.46. The molecule has 0 rings (SSSR count). The first-order valence-corrected chi connectivity index (χ1v) is 10.3. The minimum Gasteiger partial charge on any atom is -0.460 e. The van der Waals surface area contributed by atoms with E-state index in [1.807, 2.05) is 0 Å². The van der Waals surface area contributed by atoms with Gasteiger partial charge < -0.3 is 9.47 Å². The third kappa shape index (κ3) is 5.76. The normalized spacial score (nSPS) is 16.0. The van der Waals surface area contributed by atoms with Crippen molar-refractivity contribution in [3.05, 3.63) is 12.2 Å². The van der Waals surface area contributed by atoms with Gasteiger partial charge in [0.05, 0.1) is 6.61 Å². The Morgan fingerprint density at radius 3 is 0.913 bits per heavy atom. The van der Waals surface area contributed by atoms with Crippen LogP contribution in [-0.2, 0) is 14.3 Å². The van der Waals surface area contributed by atoms with Crippen molar-refractivity contribution in [1.82, 2.24) is 0 Å². The molecule has 0 atom stereocenters. The summed E-state index contributed by atoms with van der Waals surface area (Å²) < 4.78 is 340. The number of alkyl halides is 25. The highest BCUT2D eigenvalue weighted by Crippen LogP contribution is 2.67. The number of halogens is 25. The number of carbonyl (C=O) groups is 1. The van der Waals surface area contributed by atoms with E-state index in [1.165, 1.54) is 0 Å². The molecule has 0 saturated heterocycles. The summed E-state index contributed by atoms with van der Waals surface area (Å²) in [5, 5.41) is 0. The second-order valence-corrected chi connectivity index (χ2v) is 8.52. The maximum atomic E-state index is 13.8. The molecule has 0 amide bonds. The lowest BCUT2D eigenvalue weighted by Crippen LogP contribution is -2.78. The molecule has 28 heteroatoms. The Bertz CT molecular complexity index is 1130. The van der Waals surface area contributed by atoms with Crippen LogP contribution in [0, 0.1) is 0 Å². The lowest BCUT2D eigenvalue weighted by molar-refractivity contribution is -0.489. The molecule has 0 heterocycles. The summed E-state index contributed by atoms with van der Waals surface area (Å²) in [6.07, 6.45) is -15.6. The van der Waals surface area contributed by atoms with Gasteiger partial charge in [-0.25, -0.2) is 4.79 Å². The van der Waals surface area contributed by atoms with Crippen molar-refractivity contribution in [2.45, 2.75) is 78.4 Å². The SMILES string of the molecule is C=C(C)C(=O)OCCOC(F)(F)C(F)(F)C(F)(F)C(F)(F)C(F)(F)C(F)(F)C(F)(F)C(F)(F)C(F)(F)C(F)(F)C(F)(F)C(F)(F)F. The molecule has 0 aliphatic carbocycles. The second kappa shape index (κ2) is 11.5. The smallest absolute Gasteiger partial charge is 0.460 e. The molecule has 0 aromatic rings. The summed E-state index contributed by atoms with van der Waals surface area (Å²) >= 11 is 0. The summed E-state index contributed by atoms with van der Waals surface area (Å²) in [4.78, 5) is 10.9. The largest absolute Gasteiger partial charge is 0.460 e. The van der Waals surface area contributed by atoms with E-state index in [-0.39, 0.29) is 0 Å². The molecule has 0 fully saturated rings. The molecule has 274 valence electrons. The summed E-state index contributed by atoms with van der Waals surface area (Å²) in [5.74, 6) is -94.0. The Hall–Kier alpha value is -2.58. The van der Waals surface area contributed by atoms with Crippen molar-refractivity contribution in [2.24, 2.45) is 0 Å². The zero-order chi connectivity index (χ0) is 38.0. The van der Waals surface area contributed by atoms with Gasteiger partial charge in [0.2, 0.25) is 0 Å². The highest BCUT2D eigenvalue weighted by molar-refractivity contribution is 5.86. The Morgan fingerprint density at radius 2 is 0.674 bits per heavy atom. The minimum absolute atomic E-state index is 0.593. The van der Waals surface area contributed by atoms with E-state index in [0.29, 0.717) is 0 Å². The number of carbonyl (C=O) groups excluding carboxylic acids is 1. The summed E-state index contributed by atoms with van der Waals surface area (Å²) in [6.45, 7) is -0.375. The van der Waals surface area contributed by atoms with Crippen LogP contribution in [0.2, 0.25) is 0 Å². The lowest BCUT2D eigenvalue weighted by Gasteiger charge is -2.45. The number of rotatable bonds is 15. The van der Waals surface area contributed by atoms with Crippen LogP contribution in [0.15, 0.2) is 12.2 Å². The lowest BCUT2D eigenvalue weighted by atomic mass is 9.85. The number of ether oxygens (including phenoxy) is 2. The Kier molecular flexibility index (Phi) is 10.9. The van der Waals surface area contributed by atoms with Crippen LogP contribution in [0.3, 0.4) is 0 Å². The van der Waals surface area contributed by atoms with E-state index in [4.69, 9.17) is 0 Å². The molecule has 0 aromatic carbocycles. The Morgan fingerprint density at radius 1 is 0.435 bits per heavy atom. The average molecular weight is 748 g/mol. The molecule has 0 saturated carbocycles. The van der Waals surface area contributed by atoms with E-state index >= 15 is 0 Å². The first kappa shape index (κ1) is 43.4. The van der Waals surface area contributed by atoms with E-state index < -0.39 is 96.3 Å². The van der Waals surface area contributed by atoms with Gasteiger partial charge in [-0.15, -0.1) is 0 Å². The maximum Gasteiger partial charge on any atom is 0.460 e. The molecule has 0 bridgehead atoms. The van der Waals surface area contributed by atoms with Crippen LogP contribution in [0.5, 0.6) is 0 Å². The van der Waals surface area contributed by atoms with Crippen LogP contribution in [0.4, 0.5) is 110 Å². The quantitative estimate of drug-likeness (QED) is 0.0729. The molecular weight excluding hydrogens is 739 g/mol. The van der Waals surface area contributed by atoms with E-state index in [0.717, 1.165) is 6.92 Å². The monoisotopic (exact) mass is 748 g/mol. The van der Waals surface area contributed by atoms with Gasteiger partial charge in [-0.2, -0.15) is 110 Å². The van der Waals surface area contributed by atoms with Crippen molar-refractivity contribution in [1.29, 1.82) is 0 Å². The minimum atomic E-state index is -9.65. The first-order valence-electron chi connectivity index (χ1n) is 10.3. The molecule has 3 nitrogen and oxygen atoms in total. The molecule has 0 spiro atoms. The van der Waals surface area contributed by atoms with E-state index in [1.54, 1.807) is 0 Å². The van der Waals surface area contributed by atoms with Crippen LogP contribution in [0.25, 0.3) is 0 Å². The Balaban J connectivity index is 6.99. The maximum absolute atomic E-state index is 13.8. The molecule has 0 aromatic heterocycles. The van der Waals surface area contributed by atoms with Gasteiger partial charge in [0, 0.05) is 5.57 Å². The van der Waals surface area contributed by atoms with Gasteiger partial charge in [0.25, 0.3) is 0 Å². The standard InChI is InChI=1S/C18H9F25O3/c1-5(2)6(44)45-3-4-46-18(42,43)16(37,38)14(33,34)12(29,30)10(25,26)8(21,22)7(19,20)9(23,24)11(27,28)13(31,32)15(35,36)17(39,40)41/h1,3-4H2,2H3. The van der Waals surface area contributed by atoms with Gasteiger partial charge in [0.1, 0.15) is 6.61 Å². The van der Waals surface area contributed by atoms with Gasteiger partial charge in [-0.3, -0.25) is 0 Å². The van der Waals surface area contributed by atoms with Crippen LogP contribution < -0.4 is 0 Å². The molecule has 0 aliphatic heterocycles. The van der Waals surface area contributed by atoms with Gasteiger partial charge in [-0.05, 0) is 6.92 Å². The third-order valence-electron chi connectivity index (χ3n) is 5.22. The summed E-state index contributed by atoms with van der Waals surface area (Å²) in [7, 11) is 0. The zero-order valence-corrected chi connectivity index (χ0v) is 20.8. The molecular formula is C18H9F25O3. The average Bonchev–Trinajstić information content (AvgIpc) is 2.84. The molecule has 46 heavy (non-hydrogen) atoms. The van der Waals surface area contributed by atoms with Crippen LogP contribution in [0.1, 0.15) is 6.92 Å². The second-order valence-electron chi connectivity index (χ2n) is 8.52. The van der Waals surface area contributed by atoms with Gasteiger partial charge in [0.15, 0.2) is 0 Å². The van der Waals surface area contributed by atoms with E-state index in [2.05, 4.69) is 16.1 Å². The van der Waals surface area contributed by atoms with Crippen molar-refractivity contribution < 1.29 is 124 Å². The van der Waals surface area contributed by atoms with Crippen molar-refractivity contribution in [2.75, 3.05) is 13.2 Å². The molecule has 0 aliphatic rings. The van der Waals surface area contributed by atoms with Crippen LogP contribution >= 0.6 is 0 Å². The van der Waals surface area contributed by atoms with E-state index in [9.17, 15) is 115 Å². The number of hydrogen-bond acceptors (Lipinski definition) is 3. The zero-order valence-electron chi connectivity index (χ0n) is 20.8. The number of esters is 1. The van der Waals surface area contributed by atoms with Crippen LogP contribution in [-0.4, -0.2) is 90.7 Å². The van der Waals surface area contributed by atoms with Crippen molar-refractivity contribution in [3.8, 4) is 0 Å². The highest BCUT2D eigenvalue weighted by atomic mass is 19.4. The predicted molar refractivity (Wildman–Crippen MR) is 92.2 cm³/mol. The molecule has 0 N–H and O–H groups in total. The Labute approximate surface area is 235 Å². The first-order chi connectivity index (χ1) is 19.6. The topological polar surface area (TPSA) is 35.5 Å². The summed E-state index contributed by atoms with van der Waals surface area (Å²) in [6, 6.07) is 0. The summed E-state index contributed by atoms with van der Waals surface area (Å²) in [5.41, 5.74) is -0.593. The molecule has 0 radical (unpaired) electrons. The van der Waals surface area contributed by atoms with Crippen molar-refractivity contribution in [3.63, 3.8) is 0 Å². The predicted octanol–water partition coefficient (Wildman–Crippen LogP) is 8.63. The third-order valence-corrected chi connectivity index (χ3v) is 5.22. The highest BCUT2D eigenvalue weighted by Gasteiger charge is 2.99. The fourth-order valence-electron chi connectivity index (χ4n) is 2.46. The molecule has 0 unspecified atom stereocenters. The number of hydrogen-bond donors (Lipinski definition) is 0. The van der Waals surface area contributed by atoms with Crippen molar-refractivity contribution >= 4 is 5.97 Å².